The van der Waals surface area contributed by atoms with E-state index >= 15 is 0 Å². The molecule has 1 amide bonds. The van der Waals surface area contributed by atoms with Crippen molar-refractivity contribution < 1.29 is 9.53 Å². The van der Waals surface area contributed by atoms with E-state index in [0.717, 1.165) is 48.7 Å². The molecule has 0 bridgehead atoms. The Hall–Kier alpha value is -2.29. The second-order valence-corrected chi connectivity index (χ2v) is 9.31. The summed E-state index contributed by atoms with van der Waals surface area (Å²) in [6.45, 7) is 9.51. The van der Waals surface area contributed by atoms with Gasteiger partial charge in [0, 0.05) is 36.7 Å². The fraction of sp³-hybridized carbons (Fsp3) is 0.625. The van der Waals surface area contributed by atoms with Crippen molar-refractivity contribution >= 4 is 22.6 Å². The Labute approximate surface area is 191 Å². The molecule has 0 saturated heterocycles. The summed E-state index contributed by atoms with van der Waals surface area (Å²) in [6, 6.07) is 6.51. The van der Waals surface area contributed by atoms with E-state index in [9.17, 15) is 4.79 Å². The van der Waals surface area contributed by atoms with Crippen LogP contribution >= 0.6 is 0 Å². The van der Waals surface area contributed by atoms with Gasteiger partial charge in [0.25, 0.3) is 5.91 Å². The molecule has 2 atom stereocenters. The molecule has 8 nitrogen and oxygen atoms in total. The summed E-state index contributed by atoms with van der Waals surface area (Å²) in [4.78, 5) is 22.2. The van der Waals surface area contributed by atoms with Gasteiger partial charge in [-0.15, -0.1) is 0 Å². The van der Waals surface area contributed by atoms with Gasteiger partial charge in [-0.2, -0.15) is 0 Å². The fourth-order valence-electron chi connectivity index (χ4n) is 3.91. The highest BCUT2D eigenvalue weighted by Crippen LogP contribution is 2.27. The number of aryl methyl sites for hydroxylation is 1. The minimum absolute atomic E-state index is 0.195. The molecule has 32 heavy (non-hydrogen) atoms. The van der Waals surface area contributed by atoms with Gasteiger partial charge in [-0.05, 0) is 52.2 Å². The first-order valence-corrected chi connectivity index (χ1v) is 11.7. The molecule has 2 aromatic rings. The predicted octanol–water partition coefficient (Wildman–Crippen LogP) is 3.32. The number of carbonyl (C=O) groups is 1. The van der Waals surface area contributed by atoms with Gasteiger partial charge in [0.05, 0.1) is 12.1 Å². The number of hydrogen-bond donors (Lipinski definition) is 4. The first-order chi connectivity index (χ1) is 15.3. The standard InChI is InChI=1S/C24H38N6O2/c1-6-24(3,4)29-23(31)22-26-18-12-11-16(2)15-17(18)21(28-22)27-19-9-7-8-10-20(19)30-25-13-14-32-5/h11-12,15,19-20,25,30H,6-10,13-14H2,1-5H3,(H,29,31)(H,26,27,28)/t19-,20+/m0/s1. The van der Waals surface area contributed by atoms with Crippen LogP contribution in [0.3, 0.4) is 0 Å². The van der Waals surface area contributed by atoms with Crippen LogP contribution in [-0.2, 0) is 4.74 Å². The number of methoxy groups -OCH3 is 1. The summed E-state index contributed by atoms with van der Waals surface area (Å²) in [5.74, 6) is 0.666. The third-order valence-electron chi connectivity index (χ3n) is 6.20. The van der Waals surface area contributed by atoms with Gasteiger partial charge in [-0.3, -0.25) is 15.6 Å². The summed E-state index contributed by atoms with van der Waals surface area (Å²) >= 11 is 0. The van der Waals surface area contributed by atoms with E-state index in [2.05, 4.69) is 39.5 Å². The summed E-state index contributed by atoms with van der Waals surface area (Å²) in [5, 5.41) is 7.64. The lowest BCUT2D eigenvalue weighted by Crippen LogP contribution is -2.52. The monoisotopic (exact) mass is 442 g/mol. The maximum absolute atomic E-state index is 12.9. The Morgan fingerprint density at radius 1 is 1.19 bits per heavy atom. The van der Waals surface area contributed by atoms with Crippen LogP contribution in [0.1, 0.15) is 69.1 Å². The molecule has 3 rings (SSSR count). The van der Waals surface area contributed by atoms with Crippen molar-refractivity contribution in [2.24, 2.45) is 0 Å². The molecule has 1 heterocycles. The smallest absolute Gasteiger partial charge is 0.289 e. The van der Waals surface area contributed by atoms with Crippen LogP contribution in [0.2, 0.25) is 0 Å². The van der Waals surface area contributed by atoms with Gasteiger partial charge in [0.1, 0.15) is 5.82 Å². The summed E-state index contributed by atoms with van der Waals surface area (Å²) in [5.41, 5.74) is 8.30. The number of amides is 1. The number of nitrogens with one attached hydrogen (secondary N) is 4. The van der Waals surface area contributed by atoms with Gasteiger partial charge >= 0.3 is 0 Å². The van der Waals surface area contributed by atoms with Crippen LogP contribution in [0.5, 0.6) is 0 Å². The van der Waals surface area contributed by atoms with Crippen molar-refractivity contribution in [3.8, 4) is 0 Å². The largest absolute Gasteiger partial charge is 0.383 e. The maximum atomic E-state index is 12.9. The van der Waals surface area contributed by atoms with Crippen molar-refractivity contribution in [3.63, 3.8) is 0 Å². The van der Waals surface area contributed by atoms with E-state index in [4.69, 9.17) is 9.72 Å². The average molecular weight is 443 g/mol. The lowest BCUT2D eigenvalue weighted by molar-refractivity contribution is 0.0901. The molecule has 0 radical (unpaired) electrons. The molecule has 1 aromatic carbocycles. The SMILES string of the molecule is CCC(C)(C)NC(=O)c1nc(N[C@H]2CCCC[C@H]2NNCCOC)c2cc(C)ccc2n1. The molecular formula is C24H38N6O2. The molecule has 1 aliphatic rings. The molecule has 1 fully saturated rings. The van der Waals surface area contributed by atoms with Gasteiger partial charge in [0.15, 0.2) is 0 Å². The number of fused-ring (bicyclic) bond motifs is 1. The Kier molecular flexibility index (Phi) is 8.39. The van der Waals surface area contributed by atoms with E-state index < -0.39 is 0 Å². The summed E-state index contributed by atoms with van der Waals surface area (Å²) in [7, 11) is 1.70. The Morgan fingerprint density at radius 3 is 2.66 bits per heavy atom. The fourth-order valence-corrected chi connectivity index (χ4v) is 3.91. The van der Waals surface area contributed by atoms with Gasteiger partial charge in [-0.1, -0.05) is 31.4 Å². The molecule has 4 N–H and O–H groups in total. The lowest BCUT2D eigenvalue weighted by atomic mass is 9.90. The van der Waals surface area contributed by atoms with Gasteiger partial charge < -0.3 is 15.4 Å². The average Bonchev–Trinajstić information content (AvgIpc) is 2.77. The zero-order chi connectivity index (χ0) is 23.1. The van der Waals surface area contributed by atoms with E-state index in [-0.39, 0.29) is 29.4 Å². The van der Waals surface area contributed by atoms with Crippen LogP contribution < -0.4 is 21.5 Å². The van der Waals surface area contributed by atoms with Crippen LogP contribution in [0, 0.1) is 6.92 Å². The zero-order valence-corrected chi connectivity index (χ0v) is 20.0. The van der Waals surface area contributed by atoms with E-state index in [0.29, 0.717) is 12.4 Å². The van der Waals surface area contributed by atoms with Crippen molar-refractivity contribution in [1.29, 1.82) is 0 Å². The van der Waals surface area contributed by atoms with E-state index in [1.807, 2.05) is 32.9 Å². The molecule has 8 heteroatoms. The Morgan fingerprint density at radius 2 is 1.94 bits per heavy atom. The molecule has 0 spiro atoms. The highest BCUT2D eigenvalue weighted by molar-refractivity contribution is 5.97. The van der Waals surface area contributed by atoms with Crippen molar-refractivity contribution in [2.75, 3.05) is 25.6 Å². The number of hydrazine groups is 1. The van der Waals surface area contributed by atoms with Gasteiger partial charge in [0.2, 0.25) is 5.82 Å². The molecule has 0 aliphatic heterocycles. The third-order valence-corrected chi connectivity index (χ3v) is 6.20. The minimum atomic E-state index is -0.317. The van der Waals surface area contributed by atoms with Crippen LogP contribution in [0.4, 0.5) is 5.82 Å². The Bertz CT molecular complexity index is 917. The number of ether oxygens (including phenoxy) is 1. The second-order valence-electron chi connectivity index (χ2n) is 9.31. The first-order valence-electron chi connectivity index (χ1n) is 11.7. The number of anilines is 1. The number of benzene rings is 1. The topological polar surface area (TPSA) is 100 Å². The first kappa shape index (κ1) is 24.4. The number of hydrogen-bond acceptors (Lipinski definition) is 7. The van der Waals surface area contributed by atoms with Crippen LogP contribution in [0.25, 0.3) is 10.9 Å². The number of carbonyl (C=O) groups excluding carboxylic acids is 1. The lowest BCUT2D eigenvalue weighted by Gasteiger charge is -2.33. The number of aromatic nitrogens is 2. The zero-order valence-electron chi connectivity index (χ0n) is 20.0. The van der Waals surface area contributed by atoms with Crippen LogP contribution in [0.15, 0.2) is 18.2 Å². The van der Waals surface area contributed by atoms with E-state index in [1.54, 1.807) is 7.11 Å². The molecule has 0 unspecified atom stereocenters. The van der Waals surface area contributed by atoms with Gasteiger partial charge in [-0.25, -0.2) is 9.97 Å². The quantitative estimate of drug-likeness (QED) is 0.331. The summed E-state index contributed by atoms with van der Waals surface area (Å²) in [6.07, 6.45) is 5.27. The molecule has 1 aliphatic carbocycles. The number of rotatable bonds is 10. The summed E-state index contributed by atoms with van der Waals surface area (Å²) < 4.78 is 5.12. The van der Waals surface area contributed by atoms with Crippen molar-refractivity contribution in [1.82, 2.24) is 26.1 Å². The van der Waals surface area contributed by atoms with E-state index in [1.165, 1.54) is 6.42 Å². The Balaban J connectivity index is 1.87. The maximum Gasteiger partial charge on any atom is 0.289 e. The molecule has 1 aromatic heterocycles. The second kappa shape index (κ2) is 11.0. The number of nitrogens with zero attached hydrogens (tertiary/aromatic N) is 2. The third kappa shape index (κ3) is 6.37. The normalized spacial score (nSPS) is 19.2. The van der Waals surface area contributed by atoms with Crippen LogP contribution in [-0.4, -0.2) is 53.8 Å². The minimum Gasteiger partial charge on any atom is -0.383 e. The molecular weight excluding hydrogens is 404 g/mol. The molecule has 176 valence electrons. The highest BCUT2D eigenvalue weighted by Gasteiger charge is 2.27. The predicted molar refractivity (Wildman–Crippen MR) is 129 cm³/mol. The van der Waals surface area contributed by atoms with Crippen molar-refractivity contribution in [3.05, 3.63) is 29.6 Å². The molecule has 1 saturated carbocycles. The van der Waals surface area contributed by atoms with Crippen molar-refractivity contribution in [2.45, 2.75) is 77.4 Å². The highest BCUT2D eigenvalue weighted by atomic mass is 16.5.